The summed E-state index contributed by atoms with van der Waals surface area (Å²) >= 11 is 0. The number of nitrogens with zero attached hydrogens (tertiary/aromatic N) is 1. The minimum Gasteiger partial charge on any atom is -0.375 e. The molecule has 0 spiro atoms. The van der Waals surface area contributed by atoms with Gasteiger partial charge in [0, 0.05) is 13.0 Å². The first kappa shape index (κ1) is 4.84. The zero-order valence-electron chi connectivity index (χ0n) is 4.48. The zero-order valence-corrected chi connectivity index (χ0v) is 5.89. The van der Waals surface area contributed by atoms with Crippen LogP contribution in [0.1, 0.15) is 6.42 Å². The largest absolute Gasteiger partial charge is 0.375 e. The van der Waals surface area contributed by atoms with Crippen molar-refractivity contribution in [1.82, 2.24) is 4.57 Å². The molecule has 1 heterocycles. The zero-order chi connectivity index (χ0) is 5.28. The summed E-state index contributed by atoms with van der Waals surface area (Å²) in [7, 11) is -0.139. The summed E-state index contributed by atoms with van der Waals surface area (Å²) in [6.07, 6.45) is 0.806. The van der Waals surface area contributed by atoms with E-state index in [-0.39, 0.29) is 9.68 Å². The van der Waals surface area contributed by atoms with Crippen molar-refractivity contribution in [3.63, 3.8) is 0 Å². The van der Waals surface area contributed by atoms with Gasteiger partial charge in [0.05, 0.1) is 0 Å². The molecule has 0 aliphatic carbocycles. The normalized spacial score (nSPS) is 21.3. The molecule has 1 rings (SSSR count). The molecule has 0 N–H and O–H groups in total. The summed E-state index contributed by atoms with van der Waals surface area (Å²) in [5.41, 5.74) is 0. The lowest BCUT2D eigenvalue weighted by molar-refractivity contribution is -0.133. The lowest BCUT2D eigenvalue weighted by atomic mass is 10.3. The van der Waals surface area contributed by atoms with Gasteiger partial charge in [-0.2, -0.15) is 0 Å². The van der Waals surface area contributed by atoms with Crippen LogP contribution >= 0.6 is 0 Å². The SMILES string of the molecule is C[SiH2]N1CCC1=O. The van der Waals surface area contributed by atoms with Gasteiger partial charge in [0.15, 0.2) is 0 Å². The Balaban J connectivity index is 2.29. The summed E-state index contributed by atoms with van der Waals surface area (Å²) < 4.78 is 1.97. The van der Waals surface area contributed by atoms with Crippen molar-refractivity contribution in [3.8, 4) is 0 Å². The lowest BCUT2D eigenvalue weighted by Crippen LogP contribution is -2.44. The highest BCUT2D eigenvalue weighted by atomic mass is 28.2. The van der Waals surface area contributed by atoms with E-state index < -0.39 is 0 Å². The molecule has 40 valence electrons. The molecule has 1 fully saturated rings. The van der Waals surface area contributed by atoms with Crippen LogP contribution in [0.15, 0.2) is 0 Å². The molecule has 0 atom stereocenters. The van der Waals surface area contributed by atoms with Crippen molar-refractivity contribution < 1.29 is 4.79 Å². The number of amides is 1. The van der Waals surface area contributed by atoms with E-state index in [0.717, 1.165) is 13.0 Å². The van der Waals surface area contributed by atoms with Gasteiger partial charge in [-0.3, -0.25) is 4.79 Å². The maximum absolute atomic E-state index is 10.4. The predicted molar refractivity (Wildman–Crippen MR) is 30.7 cm³/mol. The van der Waals surface area contributed by atoms with E-state index in [1.54, 1.807) is 0 Å². The Hall–Kier alpha value is -0.313. The van der Waals surface area contributed by atoms with Crippen LogP contribution in [0, 0.1) is 0 Å². The Morgan fingerprint density at radius 3 is 2.57 bits per heavy atom. The predicted octanol–water partition coefficient (Wildman–Crippen LogP) is -0.649. The van der Waals surface area contributed by atoms with Crippen molar-refractivity contribution in [2.45, 2.75) is 13.0 Å². The van der Waals surface area contributed by atoms with Gasteiger partial charge in [-0.1, -0.05) is 6.55 Å². The summed E-state index contributed by atoms with van der Waals surface area (Å²) in [6, 6.07) is 0. The molecule has 0 saturated carbocycles. The molecule has 3 heteroatoms. The molecule has 0 aromatic heterocycles. The molecular weight excluding hydrogens is 106 g/mol. The maximum atomic E-state index is 10.4. The molecule has 0 aromatic carbocycles. The fraction of sp³-hybridized carbons (Fsp3) is 0.750. The lowest BCUT2D eigenvalue weighted by Gasteiger charge is -2.29. The number of rotatable bonds is 1. The molecule has 1 aliphatic heterocycles. The van der Waals surface area contributed by atoms with Crippen LogP contribution < -0.4 is 0 Å². The second kappa shape index (κ2) is 1.66. The van der Waals surface area contributed by atoms with E-state index in [0.29, 0.717) is 5.91 Å². The molecule has 1 amide bonds. The summed E-state index contributed by atoms with van der Waals surface area (Å²) in [5.74, 6) is 0.370. The Labute approximate surface area is 45.4 Å². The fourth-order valence-corrected chi connectivity index (χ4v) is 1.68. The van der Waals surface area contributed by atoms with Gasteiger partial charge in [0.1, 0.15) is 9.68 Å². The second-order valence-corrected chi connectivity index (χ2v) is 3.12. The minimum absolute atomic E-state index is 0.139. The van der Waals surface area contributed by atoms with Gasteiger partial charge in [-0.05, 0) is 0 Å². The first-order valence-corrected chi connectivity index (χ1v) is 4.67. The number of carbonyl (C=O) groups is 1. The molecule has 0 radical (unpaired) electrons. The average molecular weight is 115 g/mol. The summed E-state index contributed by atoms with van der Waals surface area (Å²) in [4.78, 5) is 10.4. The standard InChI is InChI=1S/C4H9NOSi/c1-7-5-3-2-4(5)6/h2-3,7H2,1H3. The first-order valence-electron chi connectivity index (χ1n) is 2.62. The Morgan fingerprint density at radius 1 is 1.86 bits per heavy atom. The van der Waals surface area contributed by atoms with E-state index in [9.17, 15) is 4.79 Å². The van der Waals surface area contributed by atoms with Crippen LogP contribution in [0.25, 0.3) is 0 Å². The van der Waals surface area contributed by atoms with E-state index in [4.69, 9.17) is 0 Å². The van der Waals surface area contributed by atoms with Gasteiger partial charge < -0.3 is 4.57 Å². The summed E-state index contributed by atoms with van der Waals surface area (Å²) in [5, 5.41) is 0. The third-order valence-electron chi connectivity index (χ3n) is 1.33. The maximum Gasteiger partial charge on any atom is 0.216 e. The second-order valence-electron chi connectivity index (χ2n) is 1.72. The molecule has 0 bridgehead atoms. The van der Waals surface area contributed by atoms with E-state index in [1.807, 2.05) is 4.57 Å². The molecular formula is C4H9NOSi. The quantitative estimate of drug-likeness (QED) is 0.328. The highest BCUT2D eigenvalue weighted by Crippen LogP contribution is 2.04. The molecule has 0 aromatic rings. The molecule has 0 unspecified atom stereocenters. The number of β-lactam (4-membered cyclic amide) rings is 1. The van der Waals surface area contributed by atoms with Crippen molar-refractivity contribution in [1.29, 1.82) is 0 Å². The number of hydrogen-bond donors (Lipinski definition) is 0. The monoisotopic (exact) mass is 115 g/mol. The Morgan fingerprint density at radius 2 is 2.57 bits per heavy atom. The third kappa shape index (κ3) is 0.677. The Bertz CT molecular complexity index is 91.7. The van der Waals surface area contributed by atoms with E-state index in [2.05, 4.69) is 6.55 Å². The van der Waals surface area contributed by atoms with Crippen LogP contribution in [0.2, 0.25) is 6.55 Å². The first-order chi connectivity index (χ1) is 3.34. The number of hydrogen-bond acceptors (Lipinski definition) is 1. The highest BCUT2D eigenvalue weighted by molar-refractivity contribution is 6.36. The van der Waals surface area contributed by atoms with Crippen molar-refractivity contribution in [3.05, 3.63) is 0 Å². The smallest absolute Gasteiger partial charge is 0.216 e. The van der Waals surface area contributed by atoms with Crippen molar-refractivity contribution >= 4 is 15.6 Å². The highest BCUT2D eigenvalue weighted by Gasteiger charge is 2.20. The van der Waals surface area contributed by atoms with Crippen molar-refractivity contribution in [2.24, 2.45) is 0 Å². The topological polar surface area (TPSA) is 20.3 Å². The van der Waals surface area contributed by atoms with E-state index in [1.165, 1.54) is 0 Å². The Kier molecular flexibility index (Phi) is 1.14. The van der Waals surface area contributed by atoms with Crippen LogP contribution in [-0.4, -0.2) is 26.7 Å². The van der Waals surface area contributed by atoms with Crippen LogP contribution in [0.5, 0.6) is 0 Å². The van der Waals surface area contributed by atoms with E-state index >= 15 is 0 Å². The molecule has 7 heavy (non-hydrogen) atoms. The molecule has 1 aliphatic rings. The van der Waals surface area contributed by atoms with Gasteiger partial charge in [0.25, 0.3) is 0 Å². The average Bonchev–Trinajstić information content (AvgIpc) is 1.65. The minimum atomic E-state index is -0.139. The van der Waals surface area contributed by atoms with Gasteiger partial charge in [-0.15, -0.1) is 0 Å². The van der Waals surface area contributed by atoms with Gasteiger partial charge in [-0.25, -0.2) is 0 Å². The molecule has 1 saturated heterocycles. The fourth-order valence-electron chi connectivity index (χ4n) is 0.696. The molecule has 2 nitrogen and oxygen atoms in total. The third-order valence-corrected chi connectivity index (χ3v) is 2.76. The van der Waals surface area contributed by atoms with Crippen LogP contribution in [-0.2, 0) is 4.79 Å². The van der Waals surface area contributed by atoms with Crippen LogP contribution in [0.3, 0.4) is 0 Å². The van der Waals surface area contributed by atoms with Crippen molar-refractivity contribution in [2.75, 3.05) is 6.54 Å². The van der Waals surface area contributed by atoms with Crippen LogP contribution in [0.4, 0.5) is 0 Å². The van der Waals surface area contributed by atoms with Gasteiger partial charge >= 0.3 is 0 Å². The number of carbonyl (C=O) groups excluding carboxylic acids is 1. The van der Waals surface area contributed by atoms with Gasteiger partial charge in [0.2, 0.25) is 5.91 Å². The summed E-state index contributed by atoms with van der Waals surface area (Å²) in [6.45, 7) is 3.18.